The number of halogens is 2. The second-order valence-corrected chi connectivity index (χ2v) is 8.04. The van der Waals surface area contributed by atoms with E-state index in [2.05, 4.69) is 4.98 Å². The first-order valence-electron chi connectivity index (χ1n) is 6.64. The smallest absolute Gasteiger partial charge is 0.240 e. The lowest BCUT2D eigenvalue weighted by molar-refractivity contribution is 0.457. The lowest BCUT2D eigenvalue weighted by Crippen LogP contribution is -2.27. The van der Waals surface area contributed by atoms with Crippen molar-refractivity contribution in [1.82, 2.24) is 9.29 Å². The summed E-state index contributed by atoms with van der Waals surface area (Å²) in [4.78, 5) is 3.66. The van der Waals surface area contributed by atoms with Crippen molar-refractivity contribution in [2.24, 2.45) is 0 Å². The minimum atomic E-state index is -4.14. The van der Waals surface area contributed by atoms with E-state index in [1.807, 2.05) is 24.3 Å². The third-order valence-corrected chi connectivity index (χ3v) is 6.12. The predicted octanol–water partition coefficient (Wildman–Crippen LogP) is 3.40. The highest BCUT2D eigenvalue weighted by Crippen LogP contribution is 2.25. The van der Waals surface area contributed by atoms with Crippen LogP contribution in [0.25, 0.3) is 10.2 Å². The molecule has 0 radical (unpaired) electrons. The fourth-order valence-corrected chi connectivity index (χ4v) is 4.41. The van der Waals surface area contributed by atoms with Gasteiger partial charge in [-0.2, -0.15) is 4.31 Å². The van der Waals surface area contributed by atoms with Gasteiger partial charge in [0.05, 0.1) is 16.8 Å². The van der Waals surface area contributed by atoms with Crippen molar-refractivity contribution >= 4 is 31.6 Å². The molecule has 1 heterocycles. The van der Waals surface area contributed by atoms with Gasteiger partial charge in [0.25, 0.3) is 0 Å². The van der Waals surface area contributed by atoms with E-state index in [0.717, 1.165) is 26.7 Å². The van der Waals surface area contributed by atoms with Crippen molar-refractivity contribution in [2.75, 3.05) is 7.05 Å². The largest absolute Gasteiger partial charge is 0.246 e. The van der Waals surface area contributed by atoms with Crippen molar-refractivity contribution in [1.29, 1.82) is 0 Å². The van der Waals surface area contributed by atoms with Crippen LogP contribution in [0.15, 0.2) is 47.4 Å². The molecule has 8 heteroatoms. The molecule has 0 aliphatic heterocycles. The summed E-state index contributed by atoms with van der Waals surface area (Å²) < 4.78 is 53.7. The lowest BCUT2D eigenvalue weighted by Gasteiger charge is -2.16. The van der Waals surface area contributed by atoms with Crippen LogP contribution in [0.2, 0.25) is 0 Å². The van der Waals surface area contributed by atoms with Crippen LogP contribution in [0.1, 0.15) is 5.01 Å². The van der Waals surface area contributed by atoms with Gasteiger partial charge in [0, 0.05) is 7.05 Å². The minimum absolute atomic E-state index is 0.0162. The van der Waals surface area contributed by atoms with Crippen LogP contribution in [0.3, 0.4) is 0 Å². The molecule has 2 aromatic carbocycles. The van der Waals surface area contributed by atoms with Gasteiger partial charge >= 0.3 is 0 Å². The Labute approximate surface area is 136 Å². The minimum Gasteiger partial charge on any atom is -0.240 e. The number of thiazole rings is 1. The number of nitrogens with zero attached hydrogens (tertiary/aromatic N) is 2. The molecule has 0 saturated carbocycles. The van der Waals surface area contributed by atoms with E-state index in [9.17, 15) is 17.2 Å². The normalized spacial score (nSPS) is 12.2. The molecule has 0 spiro atoms. The molecule has 0 saturated heterocycles. The number of aromatic nitrogens is 1. The average molecular weight is 354 g/mol. The monoisotopic (exact) mass is 354 g/mol. The van der Waals surface area contributed by atoms with E-state index in [-0.39, 0.29) is 6.54 Å². The van der Waals surface area contributed by atoms with Crippen LogP contribution in [-0.4, -0.2) is 24.8 Å². The van der Waals surface area contributed by atoms with Gasteiger partial charge in [0.1, 0.15) is 21.5 Å². The molecule has 3 aromatic rings. The Morgan fingerprint density at radius 1 is 1.17 bits per heavy atom. The lowest BCUT2D eigenvalue weighted by atomic mass is 10.3. The molecule has 0 N–H and O–H groups in total. The summed E-state index contributed by atoms with van der Waals surface area (Å²) in [5.74, 6) is -1.79. The summed E-state index contributed by atoms with van der Waals surface area (Å²) in [5, 5.41) is 0.578. The second-order valence-electron chi connectivity index (χ2n) is 4.91. The van der Waals surface area contributed by atoms with Crippen molar-refractivity contribution in [3.8, 4) is 0 Å². The maximum atomic E-state index is 13.7. The van der Waals surface area contributed by atoms with Gasteiger partial charge in [-0.05, 0) is 30.3 Å². The van der Waals surface area contributed by atoms with Crippen LogP contribution in [0.5, 0.6) is 0 Å². The maximum absolute atomic E-state index is 13.7. The number of rotatable bonds is 4. The predicted molar refractivity (Wildman–Crippen MR) is 84.6 cm³/mol. The molecule has 0 aliphatic carbocycles. The summed E-state index contributed by atoms with van der Waals surface area (Å²) in [7, 11) is -2.83. The summed E-state index contributed by atoms with van der Waals surface area (Å²) in [6.45, 7) is -0.0162. The van der Waals surface area contributed by atoms with Crippen LogP contribution in [-0.2, 0) is 16.6 Å². The van der Waals surface area contributed by atoms with Gasteiger partial charge in [-0.25, -0.2) is 22.2 Å². The first-order chi connectivity index (χ1) is 10.9. The second kappa shape index (κ2) is 5.95. The van der Waals surface area contributed by atoms with E-state index in [4.69, 9.17) is 0 Å². The average Bonchev–Trinajstić information content (AvgIpc) is 2.91. The highest BCUT2D eigenvalue weighted by atomic mass is 32.2. The number of sulfonamides is 1. The molecule has 0 unspecified atom stereocenters. The molecule has 0 aliphatic rings. The van der Waals surface area contributed by atoms with Gasteiger partial charge < -0.3 is 0 Å². The zero-order valence-corrected chi connectivity index (χ0v) is 13.7. The summed E-state index contributed by atoms with van der Waals surface area (Å²) in [6, 6.07) is 9.78. The van der Waals surface area contributed by atoms with Gasteiger partial charge in [-0.15, -0.1) is 11.3 Å². The third kappa shape index (κ3) is 3.10. The van der Waals surface area contributed by atoms with Crippen LogP contribution < -0.4 is 0 Å². The van der Waals surface area contributed by atoms with E-state index < -0.39 is 26.6 Å². The standard InChI is InChI=1S/C15H12F2N2O2S2/c1-19(9-15-18-12-4-2-3-5-13(12)22-15)23(20,21)14-8-10(16)6-7-11(14)17/h2-8H,9H2,1H3. The number of hydrogen-bond acceptors (Lipinski definition) is 4. The Kier molecular flexibility index (Phi) is 4.13. The fourth-order valence-electron chi connectivity index (χ4n) is 2.11. The van der Waals surface area contributed by atoms with E-state index in [1.165, 1.54) is 18.4 Å². The number of para-hydroxylation sites is 1. The topological polar surface area (TPSA) is 50.3 Å². The molecule has 120 valence electrons. The SMILES string of the molecule is CN(Cc1nc2ccccc2s1)S(=O)(=O)c1cc(F)ccc1F. The van der Waals surface area contributed by atoms with Gasteiger partial charge in [-0.1, -0.05) is 12.1 Å². The maximum Gasteiger partial charge on any atom is 0.246 e. The molecular weight excluding hydrogens is 342 g/mol. The Morgan fingerprint density at radius 2 is 1.91 bits per heavy atom. The molecule has 0 atom stereocenters. The first kappa shape index (κ1) is 16.0. The summed E-state index contributed by atoms with van der Waals surface area (Å²) in [6.07, 6.45) is 0. The Balaban J connectivity index is 1.92. The highest BCUT2D eigenvalue weighted by molar-refractivity contribution is 7.89. The molecule has 1 aromatic heterocycles. The summed E-state index contributed by atoms with van der Waals surface area (Å²) >= 11 is 1.36. The van der Waals surface area contributed by atoms with E-state index in [1.54, 1.807) is 0 Å². The molecule has 23 heavy (non-hydrogen) atoms. The van der Waals surface area contributed by atoms with Crippen LogP contribution in [0, 0.1) is 11.6 Å². The Morgan fingerprint density at radius 3 is 2.65 bits per heavy atom. The third-order valence-electron chi connectivity index (χ3n) is 3.28. The van der Waals surface area contributed by atoms with E-state index in [0.29, 0.717) is 11.1 Å². The van der Waals surface area contributed by atoms with Gasteiger partial charge in [0.2, 0.25) is 10.0 Å². The van der Waals surface area contributed by atoms with Crippen molar-refractivity contribution in [2.45, 2.75) is 11.4 Å². The van der Waals surface area contributed by atoms with Gasteiger partial charge in [-0.3, -0.25) is 0 Å². The highest BCUT2D eigenvalue weighted by Gasteiger charge is 2.26. The Hall–Kier alpha value is -1.90. The quantitative estimate of drug-likeness (QED) is 0.722. The van der Waals surface area contributed by atoms with E-state index >= 15 is 0 Å². The molecule has 0 amide bonds. The zero-order valence-electron chi connectivity index (χ0n) is 12.0. The zero-order chi connectivity index (χ0) is 16.6. The van der Waals surface area contributed by atoms with Crippen molar-refractivity contribution in [3.05, 3.63) is 59.1 Å². The fraction of sp³-hybridized carbons (Fsp3) is 0.133. The van der Waals surface area contributed by atoms with Crippen LogP contribution in [0.4, 0.5) is 8.78 Å². The Bertz CT molecular complexity index is 938. The molecule has 0 fully saturated rings. The number of fused-ring (bicyclic) bond motifs is 1. The van der Waals surface area contributed by atoms with Gasteiger partial charge in [0.15, 0.2) is 0 Å². The molecule has 3 rings (SSSR count). The molecule has 0 bridgehead atoms. The summed E-state index contributed by atoms with van der Waals surface area (Å²) in [5.41, 5.74) is 0.773. The van der Waals surface area contributed by atoms with Crippen molar-refractivity contribution in [3.63, 3.8) is 0 Å². The molecule has 4 nitrogen and oxygen atoms in total. The number of hydrogen-bond donors (Lipinski definition) is 0. The first-order valence-corrected chi connectivity index (χ1v) is 8.89. The molecular formula is C15H12F2N2O2S2. The number of benzene rings is 2. The van der Waals surface area contributed by atoms with Crippen LogP contribution >= 0.6 is 11.3 Å². The van der Waals surface area contributed by atoms with Crippen molar-refractivity contribution < 1.29 is 17.2 Å².